The van der Waals surface area contributed by atoms with E-state index >= 15 is 0 Å². The molecule has 7 rings (SSSR count). The zero-order valence-corrected chi connectivity index (χ0v) is 26.0. The maximum absolute atomic E-state index is 14.5. The summed E-state index contributed by atoms with van der Waals surface area (Å²) in [6.07, 6.45) is 2.48. The number of nitrogens with zero attached hydrogens (tertiary/aromatic N) is 2. The van der Waals surface area contributed by atoms with Crippen molar-refractivity contribution >= 4 is 46.6 Å². The number of ether oxygens (including phenoxy) is 1. The second-order valence-corrected chi connectivity index (χ2v) is 13.0. The van der Waals surface area contributed by atoms with Crippen LogP contribution in [0.4, 0.5) is 11.4 Å². The standard InChI is InChI=1S/C36H33ClN2O6/c1-4-45-28-12-8-11-24(31(28)40)30-22-15-16-23-29(34(43)38(32(23)41)21-14-13-19(2)27(37)17-21)25(22)18-26-33(42)39(35(44)36(26,30)3)20-9-6-5-7-10-20/h5-15,17,23,25-26,29-30,40H,4,16,18H2,1-3H3. The van der Waals surface area contributed by atoms with Crippen molar-refractivity contribution in [1.82, 2.24) is 0 Å². The lowest BCUT2D eigenvalue weighted by Gasteiger charge is -2.49. The highest BCUT2D eigenvalue weighted by Gasteiger charge is 2.68. The molecule has 3 aromatic carbocycles. The molecule has 2 heterocycles. The molecular formula is C36H33ClN2O6. The summed E-state index contributed by atoms with van der Waals surface area (Å²) >= 11 is 6.39. The van der Waals surface area contributed by atoms with E-state index in [1.165, 1.54) is 9.80 Å². The Balaban J connectivity index is 1.38. The molecule has 0 bridgehead atoms. The summed E-state index contributed by atoms with van der Waals surface area (Å²) in [5, 5.41) is 12.0. The van der Waals surface area contributed by atoms with E-state index < -0.39 is 35.0 Å². The van der Waals surface area contributed by atoms with Gasteiger partial charge in [-0.1, -0.05) is 59.6 Å². The first-order valence-electron chi connectivity index (χ1n) is 15.3. The highest BCUT2D eigenvalue weighted by molar-refractivity contribution is 6.32. The smallest absolute Gasteiger partial charge is 0.241 e. The van der Waals surface area contributed by atoms with Crippen molar-refractivity contribution in [3.05, 3.63) is 94.5 Å². The van der Waals surface area contributed by atoms with Gasteiger partial charge in [-0.3, -0.25) is 19.2 Å². The number of amides is 4. The van der Waals surface area contributed by atoms with Gasteiger partial charge in [-0.2, -0.15) is 0 Å². The summed E-state index contributed by atoms with van der Waals surface area (Å²) in [5.41, 5.74) is 1.70. The van der Waals surface area contributed by atoms with Crippen LogP contribution in [-0.2, 0) is 19.2 Å². The first-order valence-corrected chi connectivity index (χ1v) is 15.7. The molecule has 0 aromatic heterocycles. The largest absolute Gasteiger partial charge is 0.504 e. The summed E-state index contributed by atoms with van der Waals surface area (Å²) < 4.78 is 5.72. The SMILES string of the molecule is CCOc1cccc(C2C3=CCC4C(=O)N(c5ccc(C)c(Cl)c5)C(=O)C4C3CC3C(=O)N(c4ccccc4)C(=O)C32C)c1O. The van der Waals surface area contributed by atoms with Crippen LogP contribution in [0.1, 0.15) is 43.7 Å². The van der Waals surface area contributed by atoms with Crippen molar-refractivity contribution in [1.29, 1.82) is 0 Å². The molecule has 0 radical (unpaired) electrons. The van der Waals surface area contributed by atoms with E-state index in [0.29, 0.717) is 35.0 Å². The lowest BCUT2D eigenvalue weighted by Crippen LogP contribution is -2.48. The van der Waals surface area contributed by atoms with Crippen molar-refractivity contribution in [3.8, 4) is 11.5 Å². The van der Waals surface area contributed by atoms with E-state index in [1.807, 2.05) is 26.0 Å². The molecule has 3 fully saturated rings. The molecule has 6 unspecified atom stereocenters. The average Bonchev–Trinajstić information content (AvgIpc) is 3.40. The topological polar surface area (TPSA) is 104 Å². The molecule has 9 heteroatoms. The Morgan fingerprint density at radius 2 is 1.67 bits per heavy atom. The van der Waals surface area contributed by atoms with E-state index in [9.17, 15) is 24.3 Å². The number of phenols is 1. The van der Waals surface area contributed by atoms with Crippen LogP contribution in [-0.4, -0.2) is 35.3 Å². The van der Waals surface area contributed by atoms with Crippen LogP contribution in [0.5, 0.6) is 11.5 Å². The number of phenolic OH excluding ortho intramolecular Hbond substituents is 1. The third-order valence-electron chi connectivity index (χ3n) is 10.3. The average molecular weight is 625 g/mol. The van der Waals surface area contributed by atoms with Gasteiger partial charge in [0.25, 0.3) is 0 Å². The quantitative estimate of drug-likeness (QED) is 0.268. The van der Waals surface area contributed by atoms with Crippen LogP contribution >= 0.6 is 11.6 Å². The zero-order chi connectivity index (χ0) is 31.8. The molecule has 2 aliphatic heterocycles. The number of benzene rings is 3. The number of halogens is 1. The first kappa shape index (κ1) is 29.3. The maximum Gasteiger partial charge on any atom is 0.241 e. The normalized spacial score (nSPS) is 29.0. The van der Waals surface area contributed by atoms with Crippen LogP contribution in [0.3, 0.4) is 0 Å². The number of carbonyl (C=O) groups excluding carboxylic acids is 4. The van der Waals surface area contributed by atoms with Gasteiger partial charge in [0, 0.05) is 16.5 Å². The van der Waals surface area contributed by atoms with Gasteiger partial charge in [-0.05, 0) is 75.4 Å². The van der Waals surface area contributed by atoms with Crippen LogP contribution in [0.25, 0.3) is 0 Å². The fourth-order valence-corrected chi connectivity index (χ4v) is 8.38. The van der Waals surface area contributed by atoms with E-state index in [2.05, 4.69) is 0 Å². The number of carbonyl (C=O) groups is 4. The second-order valence-electron chi connectivity index (χ2n) is 12.6. The van der Waals surface area contributed by atoms with E-state index in [1.54, 1.807) is 67.6 Å². The van der Waals surface area contributed by atoms with Gasteiger partial charge in [0.2, 0.25) is 23.6 Å². The summed E-state index contributed by atoms with van der Waals surface area (Å²) in [5.74, 6) is -4.55. The number of fused-ring (bicyclic) bond motifs is 4. The van der Waals surface area contributed by atoms with Crippen LogP contribution < -0.4 is 14.5 Å². The zero-order valence-electron chi connectivity index (χ0n) is 25.2. The predicted octanol–water partition coefficient (Wildman–Crippen LogP) is 6.19. The Morgan fingerprint density at radius 3 is 2.38 bits per heavy atom. The number of allylic oxidation sites excluding steroid dienone is 2. The summed E-state index contributed by atoms with van der Waals surface area (Å²) in [6.45, 7) is 5.79. The number of anilines is 2. The number of aryl methyl sites for hydroxylation is 1. The number of rotatable bonds is 5. The van der Waals surface area contributed by atoms with Crippen molar-refractivity contribution in [3.63, 3.8) is 0 Å². The Labute approximate surface area is 266 Å². The third-order valence-corrected chi connectivity index (χ3v) is 10.8. The van der Waals surface area contributed by atoms with Crippen molar-refractivity contribution in [2.45, 2.75) is 39.5 Å². The fourth-order valence-electron chi connectivity index (χ4n) is 8.20. The van der Waals surface area contributed by atoms with Gasteiger partial charge in [0.15, 0.2) is 11.5 Å². The number of para-hydroxylation sites is 2. The molecule has 0 spiro atoms. The Morgan fingerprint density at radius 1 is 0.911 bits per heavy atom. The minimum atomic E-state index is -1.26. The number of hydrogen-bond acceptors (Lipinski definition) is 6. The highest BCUT2D eigenvalue weighted by atomic mass is 35.5. The van der Waals surface area contributed by atoms with Crippen LogP contribution in [0.2, 0.25) is 5.02 Å². The predicted molar refractivity (Wildman–Crippen MR) is 169 cm³/mol. The molecule has 1 N–H and O–H groups in total. The Kier molecular flexibility index (Phi) is 6.89. The lowest BCUT2D eigenvalue weighted by molar-refractivity contribution is -0.131. The molecule has 8 nitrogen and oxygen atoms in total. The number of imide groups is 2. The van der Waals surface area contributed by atoms with E-state index in [-0.39, 0.29) is 41.5 Å². The Bertz CT molecular complexity index is 1800. The molecule has 4 amide bonds. The van der Waals surface area contributed by atoms with Gasteiger partial charge in [0.1, 0.15) is 0 Å². The molecule has 2 saturated heterocycles. The second kappa shape index (κ2) is 10.6. The van der Waals surface area contributed by atoms with Crippen LogP contribution in [0, 0.1) is 36.0 Å². The molecule has 3 aromatic rings. The van der Waals surface area contributed by atoms with Crippen molar-refractivity contribution in [2.24, 2.45) is 29.1 Å². The number of hydrogen-bond donors (Lipinski definition) is 1. The maximum atomic E-state index is 14.5. The van der Waals surface area contributed by atoms with Gasteiger partial charge in [-0.25, -0.2) is 9.80 Å². The summed E-state index contributed by atoms with van der Waals surface area (Å²) in [6, 6.07) is 19.1. The van der Waals surface area contributed by atoms with Gasteiger partial charge in [0.05, 0.1) is 41.2 Å². The molecule has 230 valence electrons. The molecule has 2 aliphatic carbocycles. The van der Waals surface area contributed by atoms with E-state index in [4.69, 9.17) is 16.3 Å². The van der Waals surface area contributed by atoms with Crippen molar-refractivity contribution < 1.29 is 29.0 Å². The molecule has 1 saturated carbocycles. The van der Waals surface area contributed by atoms with Crippen LogP contribution in [0.15, 0.2) is 78.4 Å². The molecule has 45 heavy (non-hydrogen) atoms. The third kappa shape index (κ3) is 4.11. The summed E-state index contributed by atoms with van der Waals surface area (Å²) in [4.78, 5) is 59.4. The highest BCUT2D eigenvalue weighted by Crippen LogP contribution is 2.65. The van der Waals surface area contributed by atoms with Gasteiger partial charge >= 0.3 is 0 Å². The lowest BCUT2D eigenvalue weighted by atomic mass is 9.51. The molecule has 6 atom stereocenters. The molecule has 4 aliphatic rings. The van der Waals surface area contributed by atoms with Gasteiger partial charge in [-0.15, -0.1) is 0 Å². The molecular weight excluding hydrogens is 592 g/mol. The Hall–Kier alpha value is -4.43. The first-order chi connectivity index (χ1) is 21.6. The summed E-state index contributed by atoms with van der Waals surface area (Å²) in [7, 11) is 0. The monoisotopic (exact) mass is 624 g/mol. The van der Waals surface area contributed by atoms with E-state index in [0.717, 1.165) is 11.1 Å². The minimum absolute atomic E-state index is 0.101. The fraction of sp³-hybridized carbons (Fsp3) is 0.333. The minimum Gasteiger partial charge on any atom is -0.504 e. The van der Waals surface area contributed by atoms with Crippen molar-refractivity contribution in [2.75, 3.05) is 16.4 Å². The van der Waals surface area contributed by atoms with Gasteiger partial charge < -0.3 is 9.84 Å². The number of aromatic hydroxyl groups is 1.